The maximum atomic E-state index is 13.5. The van der Waals surface area contributed by atoms with Crippen molar-refractivity contribution in [2.75, 3.05) is 54.9 Å². The van der Waals surface area contributed by atoms with E-state index in [-0.39, 0.29) is 17.6 Å². The number of benzene rings is 2. The number of H-pyrrole nitrogens is 1. The van der Waals surface area contributed by atoms with Gasteiger partial charge in [0.25, 0.3) is 0 Å². The minimum atomic E-state index is -0.382. The van der Waals surface area contributed by atoms with Gasteiger partial charge in [-0.15, -0.1) is 0 Å². The summed E-state index contributed by atoms with van der Waals surface area (Å²) in [5.74, 6) is 0.447. The van der Waals surface area contributed by atoms with Crippen LogP contribution in [0, 0.1) is 5.82 Å². The van der Waals surface area contributed by atoms with Crippen LogP contribution in [0.4, 0.5) is 27.5 Å². The summed E-state index contributed by atoms with van der Waals surface area (Å²) in [6.45, 7) is 9.68. The van der Waals surface area contributed by atoms with E-state index in [4.69, 9.17) is 14.7 Å². The van der Waals surface area contributed by atoms with Gasteiger partial charge in [-0.1, -0.05) is 0 Å². The van der Waals surface area contributed by atoms with Crippen molar-refractivity contribution in [3.63, 3.8) is 0 Å². The number of morpholine rings is 1. The summed E-state index contributed by atoms with van der Waals surface area (Å²) in [7, 11) is 0. The van der Waals surface area contributed by atoms with Gasteiger partial charge in [-0.2, -0.15) is 9.97 Å². The molecule has 2 fully saturated rings. The molecule has 9 nitrogen and oxygen atoms in total. The number of likely N-dealkylation sites (tertiary alicyclic amines) is 1. The largest absolute Gasteiger partial charge is 0.378 e. The molecule has 0 atom stereocenters. The van der Waals surface area contributed by atoms with Crippen molar-refractivity contribution < 1.29 is 13.9 Å². The molecule has 6 rings (SSSR count). The minimum Gasteiger partial charge on any atom is -0.378 e. The first-order valence-corrected chi connectivity index (χ1v) is 14.3. The number of nitrogens with one attached hydrogen (secondary N) is 3. The summed E-state index contributed by atoms with van der Waals surface area (Å²) in [5, 5.41) is 7.61. The molecule has 3 N–H and O–H groups in total. The minimum absolute atomic E-state index is 0.211. The number of rotatable bonds is 8. The first-order valence-electron chi connectivity index (χ1n) is 14.3. The fourth-order valence-corrected chi connectivity index (χ4v) is 5.59. The average molecular weight is 558 g/mol. The highest BCUT2D eigenvalue weighted by atomic mass is 19.1. The van der Waals surface area contributed by atoms with Gasteiger partial charge in [0.2, 0.25) is 5.95 Å². The number of hydrogen-bond donors (Lipinski definition) is 3. The zero-order valence-electron chi connectivity index (χ0n) is 23.5. The third kappa shape index (κ3) is 6.03. The third-order valence-electron chi connectivity index (χ3n) is 7.98. The van der Waals surface area contributed by atoms with Crippen molar-refractivity contribution in [2.24, 2.45) is 0 Å². The first kappa shape index (κ1) is 27.2. The first-order chi connectivity index (χ1) is 19.9. The van der Waals surface area contributed by atoms with E-state index in [2.05, 4.69) is 51.4 Å². The lowest BCUT2D eigenvalue weighted by molar-refractivity contribution is 0.104. The van der Waals surface area contributed by atoms with E-state index in [9.17, 15) is 9.18 Å². The predicted octanol–water partition coefficient (Wildman–Crippen LogP) is 5.19. The summed E-state index contributed by atoms with van der Waals surface area (Å²) < 4.78 is 19.0. The van der Waals surface area contributed by atoms with Crippen LogP contribution >= 0.6 is 0 Å². The van der Waals surface area contributed by atoms with E-state index in [0.717, 1.165) is 63.6 Å². The highest BCUT2D eigenvalue weighted by molar-refractivity contribution is 6.18. The Labute approximate surface area is 239 Å². The number of hydrogen-bond acceptors (Lipinski definition) is 8. The number of piperidine rings is 1. The highest BCUT2D eigenvalue weighted by Gasteiger charge is 2.25. The molecule has 4 heterocycles. The second kappa shape index (κ2) is 11.8. The van der Waals surface area contributed by atoms with E-state index in [1.165, 1.54) is 24.3 Å². The van der Waals surface area contributed by atoms with Gasteiger partial charge < -0.3 is 30.2 Å². The number of fused-ring (bicyclic) bond motifs is 1. The molecular formula is C31H36FN7O2. The fraction of sp³-hybridized carbons (Fsp3) is 0.387. The number of nitrogens with zero attached hydrogens (tertiary/aromatic N) is 4. The molecule has 41 heavy (non-hydrogen) atoms. The van der Waals surface area contributed by atoms with Crippen LogP contribution in [-0.2, 0) is 4.74 Å². The van der Waals surface area contributed by atoms with E-state index in [0.29, 0.717) is 40.0 Å². The van der Waals surface area contributed by atoms with Crippen molar-refractivity contribution in [1.82, 2.24) is 19.9 Å². The van der Waals surface area contributed by atoms with Gasteiger partial charge in [-0.25, -0.2) is 4.39 Å². The Bertz CT molecular complexity index is 1490. The second-order valence-corrected chi connectivity index (χ2v) is 11.0. The van der Waals surface area contributed by atoms with Gasteiger partial charge in [0, 0.05) is 61.4 Å². The maximum Gasteiger partial charge on any atom is 0.231 e. The second-order valence-electron chi connectivity index (χ2n) is 11.0. The number of carbonyl (C=O) groups is 1. The molecule has 2 aromatic carbocycles. The van der Waals surface area contributed by atoms with E-state index in [1.807, 2.05) is 12.1 Å². The summed E-state index contributed by atoms with van der Waals surface area (Å²) in [5.41, 5.74) is 3.44. The number of ether oxygens (including phenoxy) is 1. The molecule has 214 valence electrons. The SMILES string of the molecule is CC(C)N1CCC(Nc2nc(Nc3ccc(N4CCOCC4)cc3)nc3[nH]cc(C(=O)c4ccc(F)cc4)c23)CC1. The van der Waals surface area contributed by atoms with Gasteiger partial charge in [0.15, 0.2) is 5.78 Å². The Hall–Kier alpha value is -4.02. The molecule has 0 spiro atoms. The van der Waals surface area contributed by atoms with Crippen LogP contribution in [0.3, 0.4) is 0 Å². The molecule has 2 aromatic heterocycles. The summed E-state index contributed by atoms with van der Waals surface area (Å²) in [6, 6.07) is 14.5. The molecule has 4 aromatic rings. The third-order valence-corrected chi connectivity index (χ3v) is 7.98. The average Bonchev–Trinajstić information content (AvgIpc) is 3.43. The molecule has 2 saturated heterocycles. The van der Waals surface area contributed by atoms with E-state index < -0.39 is 0 Å². The Balaban J connectivity index is 1.30. The number of aromatic amines is 1. The normalized spacial score (nSPS) is 16.8. The number of anilines is 4. The van der Waals surface area contributed by atoms with Gasteiger partial charge >= 0.3 is 0 Å². The summed E-state index contributed by atoms with van der Waals surface area (Å²) >= 11 is 0. The lowest BCUT2D eigenvalue weighted by Gasteiger charge is -2.35. The molecule has 2 aliphatic rings. The van der Waals surface area contributed by atoms with Gasteiger partial charge in [0.05, 0.1) is 24.2 Å². The quantitative estimate of drug-likeness (QED) is 0.255. The van der Waals surface area contributed by atoms with Gasteiger partial charge in [-0.3, -0.25) is 4.79 Å². The Kier molecular flexibility index (Phi) is 7.84. The van der Waals surface area contributed by atoms with E-state index >= 15 is 0 Å². The molecule has 0 radical (unpaired) electrons. The summed E-state index contributed by atoms with van der Waals surface area (Å²) in [4.78, 5) is 31.0. The highest BCUT2D eigenvalue weighted by Crippen LogP contribution is 2.31. The maximum absolute atomic E-state index is 13.5. The zero-order valence-corrected chi connectivity index (χ0v) is 23.5. The Morgan fingerprint density at radius 1 is 1.00 bits per heavy atom. The molecule has 0 amide bonds. The van der Waals surface area contributed by atoms with Crippen LogP contribution in [0.2, 0.25) is 0 Å². The standard InChI is InChI=1S/C31H36FN7O2/c1-20(2)38-13-11-24(12-14-38)34-30-27-26(28(40)21-3-5-22(32)6-4-21)19-33-29(27)36-31(37-30)35-23-7-9-25(10-8-23)39-15-17-41-18-16-39/h3-10,19-20,24H,11-18H2,1-2H3,(H3,33,34,35,36,37). The van der Waals surface area contributed by atoms with E-state index in [1.54, 1.807) is 6.20 Å². The molecular weight excluding hydrogens is 521 g/mol. The number of aromatic nitrogens is 3. The van der Waals surface area contributed by atoms with Crippen LogP contribution < -0.4 is 15.5 Å². The van der Waals surface area contributed by atoms with Gasteiger partial charge in [0.1, 0.15) is 17.3 Å². The number of halogens is 1. The van der Waals surface area contributed by atoms with Gasteiger partial charge in [-0.05, 0) is 75.2 Å². The van der Waals surface area contributed by atoms with Crippen LogP contribution in [0.5, 0.6) is 0 Å². The smallest absolute Gasteiger partial charge is 0.231 e. The van der Waals surface area contributed by atoms with Crippen molar-refractivity contribution in [2.45, 2.75) is 38.8 Å². The number of ketones is 1. The molecule has 0 bridgehead atoms. The molecule has 0 unspecified atom stereocenters. The van der Waals surface area contributed by atoms with Crippen molar-refractivity contribution >= 4 is 40.0 Å². The molecule has 2 aliphatic heterocycles. The Morgan fingerprint density at radius 3 is 2.39 bits per heavy atom. The van der Waals surface area contributed by atoms with Crippen molar-refractivity contribution in [3.8, 4) is 0 Å². The van der Waals surface area contributed by atoms with Crippen molar-refractivity contribution in [3.05, 3.63) is 71.7 Å². The lowest BCUT2D eigenvalue weighted by atomic mass is 10.0. The molecule has 10 heteroatoms. The lowest BCUT2D eigenvalue weighted by Crippen LogP contribution is -2.42. The van der Waals surface area contributed by atoms with Crippen LogP contribution in [0.1, 0.15) is 42.6 Å². The molecule has 0 aliphatic carbocycles. The topological polar surface area (TPSA) is 98.4 Å². The fourth-order valence-electron chi connectivity index (χ4n) is 5.59. The predicted molar refractivity (Wildman–Crippen MR) is 160 cm³/mol. The monoisotopic (exact) mass is 557 g/mol. The van der Waals surface area contributed by atoms with Crippen LogP contribution in [0.25, 0.3) is 11.0 Å². The van der Waals surface area contributed by atoms with Crippen LogP contribution in [0.15, 0.2) is 54.7 Å². The Morgan fingerprint density at radius 2 is 1.71 bits per heavy atom. The van der Waals surface area contributed by atoms with Crippen LogP contribution in [-0.4, -0.2) is 77.1 Å². The zero-order chi connectivity index (χ0) is 28.3. The number of carbonyl (C=O) groups excluding carboxylic acids is 1. The van der Waals surface area contributed by atoms with Crippen molar-refractivity contribution in [1.29, 1.82) is 0 Å². The summed E-state index contributed by atoms with van der Waals surface area (Å²) in [6.07, 6.45) is 3.61. The molecule has 0 saturated carbocycles.